The van der Waals surface area contributed by atoms with Crippen molar-refractivity contribution < 1.29 is 4.79 Å². The highest BCUT2D eigenvalue weighted by molar-refractivity contribution is 5.78. The average Bonchev–Trinajstić information content (AvgIpc) is 2.46. The molecule has 1 saturated carbocycles. The molecule has 0 aliphatic heterocycles. The molecule has 0 radical (unpaired) electrons. The van der Waals surface area contributed by atoms with Gasteiger partial charge < -0.3 is 0 Å². The van der Waals surface area contributed by atoms with Crippen molar-refractivity contribution in [2.75, 3.05) is 0 Å². The summed E-state index contributed by atoms with van der Waals surface area (Å²) in [7, 11) is 0. The zero-order valence-electron chi connectivity index (χ0n) is 12.3. The molecular weight excluding hydrogens is 232 g/mol. The molecule has 1 aromatic carbocycles. The van der Waals surface area contributed by atoms with Gasteiger partial charge >= 0.3 is 0 Å². The Morgan fingerprint density at radius 1 is 1.16 bits per heavy atom. The number of carbonyl (C=O) groups is 1. The van der Waals surface area contributed by atoms with Crippen molar-refractivity contribution in [2.24, 2.45) is 5.92 Å². The molecule has 0 saturated heterocycles. The first-order valence-electron chi connectivity index (χ1n) is 7.80. The molecule has 19 heavy (non-hydrogen) atoms. The van der Waals surface area contributed by atoms with Crippen molar-refractivity contribution in [3.63, 3.8) is 0 Å². The molecule has 0 aromatic heterocycles. The van der Waals surface area contributed by atoms with Crippen LogP contribution in [0.15, 0.2) is 24.3 Å². The number of benzene rings is 1. The molecule has 0 bridgehead atoms. The Labute approximate surface area is 117 Å². The molecule has 0 N–H and O–H groups in total. The highest BCUT2D eigenvalue weighted by Crippen LogP contribution is 2.32. The van der Waals surface area contributed by atoms with Gasteiger partial charge in [-0.25, -0.2) is 0 Å². The molecule has 1 aromatic rings. The summed E-state index contributed by atoms with van der Waals surface area (Å²) in [6, 6.07) is 9.04. The van der Waals surface area contributed by atoms with E-state index in [4.69, 9.17) is 0 Å². The van der Waals surface area contributed by atoms with Crippen LogP contribution in [0.1, 0.15) is 69.4 Å². The zero-order valence-corrected chi connectivity index (χ0v) is 12.3. The fourth-order valence-corrected chi connectivity index (χ4v) is 3.22. The Kier molecular flexibility index (Phi) is 5.18. The Hall–Kier alpha value is -1.11. The monoisotopic (exact) mass is 258 g/mol. The Morgan fingerprint density at radius 2 is 1.79 bits per heavy atom. The Morgan fingerprint density at radius 3 is 2.32 bits per heavy atom. The highest BCUT2D eigenvalue weighted by atomic mass is 16.1. The Balaban J connectivity index is 1.99. The van der Waals surface area contributed by atoms with E-state index in [9.17, 15) is 4.79 Å². The molecule has 1 aliphatic rings. The van der Waals surface area contributed by atoms with Gasteiger partial charge in [-0.3, -0.25) is 4.79 Å². The van der Waals surface area contributed by atoms with Crippen molar-refractivity contribution in [2.45, 2.75) is 64.7 Å². The van der Waals surface area contributed by atoms with Gasteiger partial charge in [-0.1, -0.05) is 50.5 Å². The number of rotatable bonds is 5. The second-order valence-electron chi connectivity index (χ2n) is 6.00. The summed E-state index contributed by atoms with van der Waals surface area (Å²) in [5.41, 5.74) is 2.81. The molecule has 1 nitrogen and oxygen atoms in total. The number of carbonyl (C=O) groups excluding carboxylic acids is 1. The van der Waals surface area contributed by atoms with Crippen LogP contribution in [0.5, 0.6) is 0 Å². The van der Waals surface area contributed by atoms with E-state index in [1.807, 2.05) is 0 Å². The van der Waals surface area contributed by atoms with Crippen molar-refractivity contribution in [1.29, 1.82) is 0 Å². The van der Waals surface area contributed by atoms with E-state index in [1.165, 1.54) is 43.2 Å². The number of hydrogen-bond acceptors (Lipinski definition) is 1. The minimum Gasteiger partial charge on any atom is -0.300 e. The maximum atomic E-state index is 11.5. The van der Waals surface area contributed by atoms with E-state index in [2.05, 4.69) is 31.2 Å². The van der Waals surface area contributed by atoms with Crippen LogP contribution in [0.2, 0.25) is 0 Å². The van der Waals surface area contributed by atoms with Crippen molar-refractivity contribution in [3.8, 4) is 0 Å². The van der Waals surface area contributed by atoms with Gasteiger partial charge in [0, 0.05) is 5.92 Å². The third-order valence-electron chi connectivity index (χ3n) is 4.61. The summed E-state index contributed by atoms with van der Waals surface area (Å²) >= 11 is 0. The lowest BCUT2D eigenvalue weighted by molar-refractivity contribution is -0.120. The number of ketones is 1. The maximum absolute atomic E-state index is 11.5. The SMILES string of the molecule is CC[C@@H](Cc1ccc(C2CCCCC2)cc1)C(C)=O. The summed E-state index contributed by atoms with van der Waals surface area (Å²) in [6.07, 6.45) is 8.72. The second kappa shape index (κ2) is 6.88. The molecule has 1 aliphatic carbocycles. The normalized spacial score (nSPS) is 18.2. The van der Waals surface area contributed by atoms with Gasteiger partial charge in [-0.2, -0.15) is 0 Å². The predicted molar refractivity (Wildman–Crippen MR) is 80.4 cm³/mol. The zero-order chi connectivity index (χ0) is 13.7. The lowest BCUT2D eigenvalue weighted by Gasteiger charge is -2.22. The summed E-state index contributed by atoms with van der Waals surface area (Å²) < 4.78 is 0. The van der Waals surface area contributed by atoms with E-state index < -0.39 is 0 Å². The minimum absolute atomic E-state index is 0.195. The first-order valence-corrected chi connectivity index (χ1v) is 7.80. The van der Waals surface area contributed by atoms with E-state index in [-0.39, 0.29) is 5.92 Å². The molecule has 0 amide bonds. The van der Waals surface area contributed by atoms with Crippen LogP contribution in [-0.4, -0.2) is 5.78 Å². The molecule has 1 fully saturated rings. The molecule has 1 heteroatoms. The van der Waals surface area contributed by atoms with Crippen LogP contribution < -0.4 is 0 Å². The molecule has 2 rings (SSSR count). The second-order valence-corrected chi connectivity index (χ2v) is 6.00. The van der Waals surface area contributed by atoms with Crippen LogP contribution in [0.25, 0.3) is 0 Å². The highest BCUT2D eigenvalue weighted by Gasteiger charge is 2.16. The van der Waals surface area contributed by atoms with E-state index in [1.54, 1.807) is 6.92 Å². The topological polar surface area (TPSA) is 17.1 Å². The van der Waals surface area contributed by atoms with Crippen molar-refractivity contribution >= 4 is 5.78 Å². The molecule has 1 atom stereocenters. The summed E-state index contributed by atoms with van der Waals surface area (Å²) in [5, 5.41) is 0. The minimum atomic E-state index is 0.195. The van der Waals surface area contributed by atoms with Crippen LogP contribution >= 0.6 is 0 Å². The van der Waals surface area contributed by atoms with Gasteiger partial charge in [0.2, 0.25) is 0 Å². The van der Waals surface area contributed by atoms with Crippen LogP contribution in [0, 0.1) is 5.92 Å². The first-order chi connectivity index (χ1) is 9.20. The van der Waals surface area contributed by atoms with Crippen LogP contribution in [-0.2, 0) is 11.2 Å². The van der Waals surface area contributed by atoms with Gasteiger partial charge in [0.15, 0.2) is 0 Å². The predicted octanol–water partition coefficient (Wildman–Crippen LogP) is 4.89. The van der Waals surface area contributed by atoms with Gasteiger partial charge in [-0.15, -0.1) is 0 Å². The van der Waals surface area contributed by atoms with Crippen molar-refractivity contribution in [3.05, 3.63) is 35.4 Å². The fraction of sp³-hybridized carbons (Fsp3) is 0.611. The summed E-state index contributed by atoms with van der Waals surface area (Å²) in [5.74, 6) is 1.29. The van der Waals surface area contributed by atoms with E-state index >= 15 is 0 Å². The van der Waals surface area contributed by atoms with Gasteiger partial charge in [0.1, 0.15) is 5.78 Å². The largest absolute Gasteiger partial charge is 0.300 e. The van der Waals surface area contributed by atoms with Crippen LogP contribution in [0.3, 0.4) is 0 Å². The lowest BCUT2D eigenvalue weighted by Crippen LogP contribution is -2.12. The standard InChI is InChI=1S/C18H26O/c1-3-16(14(2)19)13-15-9-11-18(12-10-15)17-7-5-4-6-8-17/h9-12,16-17H,3-8,13H2,1-2H3/t16-/m0/s1. The third kappa shape index (κ3) is 3.92. The first kappa shape index (κ1) is 14.3. The van der Waals surface area contributed by atoms with E-state index in [0.717, 1.165) is 18.8 Å². The summed E-state index contributed by atoms with van der Waals surface area (Å²) in [4.78, 5) is 11.5. The molecule has 104 valence electrons. The maximum Gasteiger partial charge on any atom is 0.133 e. The van der Waals surface area contributed by atoms with E-state index in [0.29, 0.717) is 5.78 Å². The fourth-order valence-electron chi connectivity index (χ4n) is 3.22. The lowest BCUT2D eigenvalue weighted by atomic mass is 9.83. The smallest absolute Gasteiger partial charge is 0.133 e. The summed E-state index contributed by atoms with van der Waals surface area (Å²) in [6.45, 7) is 3.81. The van der Waals surface area contributed by atoms with Gasteiger partial charge in [-0.05, 0) is 49.7 Å². The average molecular weight is 258 g/mol. The quantitative estimate of drug-likeness (QED) is 0.734. The van der Waals surface area contributed by atoms with Crippen LogP contribution in [0.4, 0.5) is 0 Å². The Bertz CT molecular complexity index is 398. The molecular formula is C18H26O. The third-order valence-corrected chi connectivity index (χ3v) is 4.61. The molecule has 0 spiro atoms. The van der Waals surface area contributed by atoms with Crippen molar-refractivity contribution in [1.82, 2.24) is 0 Å². The number of hydrogen-bond donors (Lipinski definition) is 0. The van der Waals surface area contributed by atoms with Gasteiger partial charge in [0.05, 0.1) is 0 Å². The number of Topliss-reactive ketones (excluding diaryl/α,β-unsaturated/α-hetero) is 1. The molecule has 0 heterocycles. The molecule has 0 unspecified atom stereocenters. The van der Waals surface area contributed by atoms with Gasteiger partial charge in [0.25, 0.3) is 0 Å².